The predicted octanol–water partition coefficient (Wildman–Crippen LogP) is 11.3. The Labute approximate surface area is 263 Å². The lowest BCUT2D eigenvalue weighted by Crippen LogP contribution is -2.39. The maximum Gasteiger partial charge on any atom is 0.132 e. The molecule has 2 nitrogen and oxygen atoms in total. The number of hydrogen-bond acceptors (Lipinski definition) is 2. The van der Waals surface area contributed by atoms with Gasteiger partial charge in [-0.15, -0.1) is 0 Å². The van der Waals surface area contributed by atoms with Crippen LogP contribution < -0.4 is 9.64 Å². The van der Waals surface area contributed by atoms with E-state index in [1.807, 2.05) is 0 Å². The van der Waals surface area contributed by atoms with Crippen molar-refractivity contribution >= 4 is 17.1 Å². The van der Waals surface area contributed by atoms with Gasteiger partial charge in [-0.2, -0.15) is 0 Å². The molecule has 2 aliphatic heterocycles. The molecular formula is C43H29NO. The number of rotatable bonds is 3. The minimum absolute atomic E-state index is 0.628. The standard InChI is InChI=1S/C43H29NO/c1-4-14-30(15-5-1)32-24-26-39-37(28-32)43(35-20-10-12-22-41(35)45-42-23-13-11-21-36(42)43)38-29-33(31-16-6-2-7-17-31)25-27-40(38)44(39)34-18-8-3-9-19-34/h1-29H. The van der Waals surface area contributed by atoms with Crippen LogP contribution in [0.1, 0.15) is 22.3 Å². The van der Waals surface area contributed by atoms with Crippen molar-refractivity contribution in [3.05, 3.63) is 198 Å². The molecule has 0 fully saturated rings. The van der Waals surface area contributed by atoms with Gasteiger partial charge in [0.15, 0.2) is 0 Å². The first kappa shape index (κ1) is 25.6. The van der Waals surface area contributed by atoms with Gasteiger partial charge in [0, 0.05) is 16.8 Å². The van der Waals surface area contributed by atoms with Gasteiger partial charge in [0.05, 0.1) is 16.8 Å². The van der Waals surface area contributed by atoms with Crippen molar-refractivity contribution in [3.8, 4) is 33.8 Å². The molecule has 0 saturated heterocycles. The van der Waals surface area contributed by atoms with E-state index >= 15 is 0 Å². The van der Waals surface area contributed by atoms with Gasteiger partial charge in [-0.05, 0) is 81.9 Å². The van der Waals surface area contributed by atoms with Crippen LogP contribution in [-0.2, 0) is 5.41 Å². The third-order valence-electron chi connectivity index (χ3n) is 9.31. The van der Waals surface area contributed by atoms with Gasteiger partial charge in [-0.3, -0.25) is 0 Å². The lowest BCUT2D eigenvalue weighted by molar-refractivity contribution is 0.434. The SMILES string of the molecule is c1ccc(-c2ccc3c(c2)C2(c4ccccc4Oc4ccccc42)c2cc(-c4ccccc4)ccc2N3c2ccccc2)cc1. The molecule has 0 unspecified atom stereocenters. The Bertz CT molecular complexity index is 2050. The molecule has 2 heterocycles. The normalized spacial score (nSPS) is 13.6. The highest BCUT2D eigenvalue weighted by molar-refractivity contribution is 5.93. The summed E-state index contributed by atoms with van der Waals surface area (Å²) in [6.45, 7) is 0. The first-order valence-corrected chi connectivity index (χ1v) is 15.4. The van der Waals surface area contributed by atoms with Crippen molar-refractivity contribution in [3.63, 3.8) is 0 Å². The third kappa shape index (κ3) is 3.82. The Kier molecular flexibility index (Phi) is 5.76. The fraction of sp³-hybridized carbons (Fsp3) is 0.0233. The minimum Gasteiger partial charge on any atom is -0.457 e. The number of fused-ring (bicyclic) bond motifs is 8. The fourth-order valence-electron chi connectivity index (χ4n) is 7.39. The number of para-hydroxylation sites is 3. The molecule has 7 aromatic rings. The van der Waals surface area contributed by atoms with Crippen LogP contribution in [-0.4, -0.2) is 0 Å². The largest absolute Gasteiger partial charge is 0.457 e. The number of nitrogens with zero attached hydrogens (tertiary/aromatic N) is 1. The Morgan fingerprint density at radius 1 is 0.356 bits per heavy atom. The lowest BCUT2D eigenvalue weighted by Gasteiger charge is -2.49. The highest BCUT2D eigenvalue weighted by Gasteiger charge is 2.51. The Morgan fingerprint density at radius 2 is 0.778 bits per heavy atom. The monoisotopic (exact) mass is 575 g/mol. The minimum atomic E-state index is -0.628. The molecule has 45 heavy (non-hydrogen) atoms. The summed E-state index contributed by atoms with van der Waals surface area (Å²) in [6.07, 6.45) is 0. The first-order valence-electron chi connectivity index (χ1n) is 15.4. The number of hydrogen-bond donors (Lipinski definition) is 0. The van der Waals surface area contributed by atoms with E-state index < -0.39 is 5.41 Å². The summed E-state index contributed by atoms with van der Waals surface area (Å²) in [5, 5.41) is 0. The van der Waals surface area contributed by atoms with E-state index in [9.17, 15) is 0 Å². The molecule has 0 N–H and O–H groups in total. The molecule has 0 saturated carbocycles. The lowest BCUT2D eigenvalue weighted by atomic mass is 9.60. The van der Waals surface area contributed by atoms with Crippen LogP contribution in [0.15, 0.2) is 176 Å². The molecule has 9 rings (SSSR count). The number of benzene rings is 7. The Hall–Kier alpha value is -5.86. The summed E-state index contributed by atoms with van der Waals surface area (Å²) in [6, 6.07) is 63.2. The van der Waals surface area contributed by atoms with Crippen molar-refractivity contribution in [2.24, 2.45) is 0 Å². The predicted molar refractivity (Wildman–Crippen MR) is 184 cm³/mol. The molecule has 2 aliphatic rings. The topological polar surface area (TPSA) is 12.5 Å². The molecule has 0 amide bonds. The van der Waals surface area contributed by atoms with Crippen molar-refractivity contribution < 1.29 is 4.74 Å². The quantitative estimate of drug-likeness (QED) is 0.208. The average molecular weight is 576 g/mol. The highest BCUT2D eigenvalue weighted by Crippen LogP contribution is 2.63. The van der Waals surface area contributed by atoms with E-state index in [1.54, 1.807) is 0 Å². The first-order chi connectivity index (χ1) is 22.3. The van der Waals surface area contributed by atoms with Crippen LogP contribution >= 0.6 is 0 Å². The van der Waals surface area contributed by atoms with Crippen LogP contribution in [0.4, 0.5) is 17.1 Å². The van der Waals surface area contributed by atoms with E-state index in [2.05, 4.69) is 181 Å². The van der Waals surface area contributed by atoms with Crippen LogP contribution in [0.3, 0.4) is 0 Å². The maximum absolute atomic E-state index is 6.66. The summed E-state index contributed by atoms with van der Waals surface area (Å²) in [5.41, 5.74) is 12.3. The molecule has 212 valence electrons. The van der Waals surface area contributed by atoms with Crippen LogP contribution in [0.5, 0.6) is 11.5 Å². The maximum atomic E-state index is 6.66. The van der Waals surface area contributed by atoms with E-state index in [-0.39, 0.29) is 0 Å². The number of ether oxygens (including phenoxy) is 1. The van der Waals surface area contributed by atoms with E-state index in [0.29, 0.717) is 0 Å². The average Bonchev–Trinajstić information content (AvgIpc) is 3.12. The molecule has 0 aromatic heterocycles. The smallest absolute Gasteiger partial charge is 0.132 e. The van der Waals surface area contributed by atoms with E-state index in [1.165, 1.54) is 33.4 Å². The van der Waals surface area contributed by atoms with Gasteiger partial charge in [0.25, 0.3) is 0 Å². The fourth-order valence-corrected chi connectivity index (χ4v) is 7.39. The van der Waals surface area contributed by atoms with Gasteiger partial charge in [0.2, 0.25) is 0 Å². The van der Waals surface area contributed by atoms with Crippen molar-refractivity contribution in [2.45, 2.75) is 5.41 Å². The van der Waals surface area contributed by atoms with Gasteiger partial charge >= 0.3 is 0 Å². The summed E-state index contributed by atoms with van der Waals surface area (Å²) in [4.78, 5) is 2.43. The van der Waals surface area contributed by atoms with Gasteiger partial charge in [-0.1, -0.05) is 127 Å². The molecule has 0 bridgehead atoms. The van der Waals surface area contributed by atoms with E-state index in [4.69, 9.17) is 4.74 Å². The van der Waals surface area contributed by atoms with Crippen molar-refractivity contribution in [2.75, 3.05) is 4.90 Å². The molecule has 1 spiro atoms. The number of anilines is 3. The van der Waals surface area contributed by atoms with Crippen molar-refractivity contribution in [1.29, 1.82) is 0 Å². The van der Waals surface area contributed by atoms with Gasteiger partial charge in [-0.25, -0.2) is 0 Å². The highest BCUT2D eigenvalue weighted by atomic mass is 16.5. The molecular weight excluding hydrogens is 546 g/mol. The Morgan fingerprint density at radius 3 is 1.27 bits per heavy atom. The molecule has 0 atom stereocenters. The summed E-state index contributed by atoms with van der Waals surface area (Å²) >= 11 is 0. The zero-order valence-corrected chi connectivity index (χ0v) is 24.6. The molecule has 2 heteroatoms. The zero-order chi connectivity index (χ0) is 29.8. The second-order valence-corrected chi connectivity index (χ2v) is 11.7. The summed E-state index contributed by atoms with van der Waals surface area (Å²) < 4.78 is 6.66. The molecule has 0 radical (unpaired) electrons. The van der Waals surface area contributed by atoms with Gasteiger partial charge < -0.3 is 9.64 Å². The van der Waals surface area contributed by atoms with Crippen LogP contribution in [0, 0.1) is 0 Å². The molecule has 7 aromatic carbocycles. The molecule has 0 aliphatic carbocycles. The van der Waals surface area contributed by atoms with Crippen LogP contribution in [0.2, 0.25) is 0 Å². The van der Waals surface area contributed by atoms with Crippen molar-refractivity contribution in [1.82, 2.24) is 0 Å². The van der Waals surface area contributed by atoms with Crippen LogP contribution in [0.25, 0.3) is 22.3 Å². The third-order valence-corrected chi connectivity index (χ3v) is 9.31. The zero-order valence-electron chi connectivity index (χ0n) is 24.6. The summed E-state index contributed by atoms with van der Waals surface area (Å²) in [7, 11) is 0. The van der Waals surface area contributed by atoms with Gasteiger partial charge in [0.1, 0.15) is 11.5 Å². The second-order valence-electron chi connectivity index (χ2n) is 11.7. The second kappa shape index (κ2) is 10.1. The van der Waals surface area contributed by atoms with E-state index in [0.717, 1.165) is 39.7 Å². The Balaban J connectivity index is 1.46. The summed E-state index contributed by atoms with van der Waals surface area (Å²) in [5.74, 6) is 1.77.